The first-order valence-electron chi connectivity index (χ1n) is 14.1. The van der Waals surface area contributed by atoms with Crippen LogP contribution < -0.4 is 16.4 Å². The number of hydrogen-bond acceptors (Lipinski definition) is 10. The van der Waals surface area contributed by atoms with Gasteiger partial charge in [0.15, 0.2) is 11.4 Å². The van der Waals surface area contributed by atoms with E-state index in [1.54, 1.807) is 14.1 Å². The lowest BCUT2D eigenvalue weighted by molar-refractivity contribution is -0.149. The highest BCUT2D eigenvalue weighted by Gasteiger charge is 2.63. The Morgan fingerprint density at radius 3 is 2.43 bits per heavy atom. The van der Waals surface area contributed by atoms with Gasteiger partial charge in [0, 0.05) is 43.4 Å². The van der Waals surface area contributed by atoms with Crippen molar-refractivity contribution in [2.45, 2.75) is 50.3 Å². The van der Waals surface area contributed by atoms with Crippen molar-refractivity contribution in [2.75, 3.05) is 41.3 Å². The van der Waals surface area contributed by atoms with Crippen LogP contribution in [0.1, 0.15) is 32.6 Å². The van der Waals surface area contributed by atoms with Gasteiger partial charge in [-0.2, -0.15) is 0 Å². The first-order chi connectivity index (χ1) is 19.6. The topological polar surface area (TPSA) is 186 Å². The number of nitrogens with one attached hydrogen (secondary N) is 2. The molecule has 0 bridgehead atoms. The first-order valence-corrected chi connectivity index (χ1v) is 14.1. The number of nitrogens with two attached hydrogens (primary N) is 1. The number of hydrogen-bond donors (Lipinski definition) is 6. The number of primary amides is 1. The minimum Gasteiger partial charge on any atom is -0.510 e. The molecule has 1 heterocycles. The van der Waals surface area contributed by atoms with Crippen LogP contribution in [0.15, 0.2) is 57.7 Å². The fourth-order valence-corrected chi connectivity index (χ4v) is 6.73. The molecule has 0 aromatic heterocycles. The molecule has 0 spiro atoms. The predicted octanol–water partition coefficient (Wildman–Crippen LogP) is 0.135. The molecule has 2 unspecified atom stereocenters. The van der Waals surface area contributed by atoms with Gasteiger partial charge in [-0.05, 0) is 70.8 Å². The Morgan fingerprint density at radius 1 is 1.21 bits per heavy atom. The van der Waals surface area contributed by atoms with E-state index in [2.05, 4.69) is 17.2 Å². The van der Waals surface area contributed by atoms with Crippen molar-refractivity contribution in [3.63, 3.8) is 0 Å². The van der Waals surface area contributed by atoms with Crippen molar-refractivity contribution < 1.29 is 34.5 Å². The number of ketones is 2. The number of aliphatic hydroxyl groups is 3. The molecule has 228 valence electrons. The van der Waals surface area contributed by atoms with Gasteiger partial charge in [0.2, 0.25) is 11.7 Å². The molecule has 0 aromatic rings. The first kappa shape index (κ1) is 31.2. The molecular weight excluding hydrogens is 542 g/mol. The number of likely N-dealkylation sites (N-methyl/N-ethyl adjacent to an activating group) is 2. The number of allylic oxidation sites excluding steroid dienone is 4. The fourth-order valence-electron chi connectivity index (χ4n) is 6.73. The standard InChI is InChI=1S/C30H41N5O7/c1-14(13-33-29(41)19-8-7-9-32-19)10-20(34(3)4)17-11-16-12-18-23(35(5)6)25(37)22(28(31)40)27(39)30(18,42)26(38)21(16)24(36)15(17)2/h10,16,18-19,23,32,37-38,42H,2,7-9,11-13H2,1,3-6H3,(H2,31,40)(H,33,41)/b14-10+,20-17+/t16-,18-,19?,23?,30-/m0/s1. The number of Topliss-reactive ketones (excluding diaryl/α,β-unsaturated/α-hetero) is 2. The number of aliphatic hydroxyl groups excluding tert-OH is 2. The summed E-state index contributed by atoms with van der Waals surface area (Å²) < 4.78 is 0. The monoisotopic (exact) mass is 583 g/mol. The van der Waals surface area contributed by atoms with Crippen molar-refractivity contribution in [3.05, 3.63) is 57.7 Å². The summed E-state index contributed by atoms with van der Waals surface area (Å²) in [5.41, 5.74) is 4.09. The zero-order chi connectivity index (χ0) is 31.3. The molecule has 5 atom stereocenters. The second-order valence-electron chi connectivity index (χ2n) is 12.1. The van der Waals surface area contributed by atoms with Crippen LogP contribution in [-0.4, -0.2) is 107 Å². The van der Waals surface area contributed by atoms with E-state index >= 15 is 0 Å². The number of fused-ring (bicyclic) bond motifs is 2. The molecule has 0 radical (unpaired) electrons. The largest absolute Gasteiger partial charge is 0.510 e. The number of carbonyl (C=O) groups is 4. The molecule has 1 saturated carbocycles. The molecule has 12 nitrogen and oxygen atoms in total. The van der Waals surface area contributed by atoms with Crippen LogP contribution >= 0.6 is 0 Å². The molecule has 42 heavy (non-hydrogen) atoms. The van der Waals surface area contributed by atoms with Gasteiger partial charge in [0.1, 0.15) is 17.1 Å². The van der Waals surface area contributed by atoms with E-state index in [0.717, 1.165) is 25.0 Å². The van der Waals surface area contributed by atoms with Gasteiger partial charge in [0.25, 0.3) is 5.91 Å². The Bertz CT molecular complexity index is 1370. The van der Waals surface area contributed by atoms with Crippen molar-refractivity contribution in [1.82, 2.24) is 20.4 Å². The van der Waals surface area contributed by atoms with Gasteiger partial charge in [-0.15, -0.1) is 0 Å². The van der Waals surface area contributed by atoms with E-state index in [4.69, 9.17) is 5.73 Å². The zero-order valence-corrected chi connectivity index (χ0v) is 24.8. The van der Waals surface area contributed by atoms with E-state index in [0.29, 0.717) is 17.8 Å². The third kappa shape index (κ3) is 5.07. The Kier molecular flexibility index (Phi) is 8.55. The Labute approximate surface area is 245 Å². The normalized spacial score (nSPS) is 31.3. The van der Waals surface area contributed by atoms with Crippen LogP contribution in [0.2, 0.25) is 0 Å². The summed E-state index contributed by atoms with van der Waals surface area (Å²) in [5, 5.41) is 40.1. The summed E-state index contributed by atoms with van der Waals surface area (Å²) in [6.45, 7) is 7.00. The van der Waals surface area contributed by atoms with Crippen LogP contribution in [0.3, 0.4) is 0 Å². The maximum Gasteiger partial charge on any atom is 0.255 e. The molecule has 12 heteroatoms. The van der Waals surface area contributed by atoms with E-state index < -0.39 is 58.0 Å². The van der Waals surface area contributed by atoms with Crippen LogP contribution in [0.5, 0.6) is 0 Å². The highest BCUT2D eigenvalue weighted by molar-refractivity contribution is 6.24. The molecule has 7 N–H and O–H groups in total. The molecule has 4 rings (SSSR count). The second-order valence-corrected chi connectivity index (χ2v) is 12.1. The molecule has 2 fully saturated rings. The van der Waals surface area contributed by atoms with Crippen LogP contribution in [0.4, 0.5) is 0 Å². The van der Waals surface area contributed by atoms with Gasteiger partial charge in [-0.1, -0.05) is 12.2 Å². The van der Waals surface area contributed by atoms with Crippen LogP contribution in [0, 0.1) is 11.8 Å². The number of amides is 2. The zero-order valence-electron chi connectivity index (χ0n) is 24.8. The molecule has 2 amide bonds. The molecule has 1 saturated heterocycles. The Balaban J connectivity index is 1.73. The molecule has 1 aliphatic heterocycles. The van der Waals surface area contributed by atoms with E-state index in [9.17, 15) is 34.5 Å². The van der Waals surface area contributed by atoms with Gasteiger partial charge in [-0.3, -0.25) is 24.1 Å². The third-order valence-corrected chi connectivity index (χ3v) is 8.82. The van der Waals surface area contributed by atoms with E-state index in [1.165, 1.54) is 4.90 Å². The number of rotatable bonds is 7. The summed E-state index contributed by atoms with van der Waals surface area (Å²) in [7, 11) is 6.85. The Hall–Kier alpha value is -3.74. The van der Waals surface area contributed by atoms with E-state index in [-0.39, 0.29) is 35.9 Å². The highest BCUT2D eigenvalue weighted by Crippen LogP contribution is 2.53. The van der Waals surface area contributed by atoms with Gasteiger partial charge in [-0.25, -0.2) is 0 Å². The Morgan fingerprint density at radius 2 is 1.88 bits per heavy atom. The predicted molar refractivity (Wildman–Crippen MR) is 155 cm³/mol. The summed E-state index contributed by atoms with van der Waals surface area (Å²) in [4.78, 5) is 55.1. The van der Waals surface area contributed by atoms with E-state index in [1.807, 2.05) is 32.0 Å². The minimum atomic E-state index is -2.62. The SMILES string of the molecule is C=C1C(=O)C2=C(O)[C@]3(O)C(=O)C(C(N)=O)=C(O)C(N(C)C)[C@@H]3C[C@@H]2C/C1=C(/C=C(\C)CNC(=O)C1CCCN1)N(C)C. The molecule has 4 aliphatic rings. The van der Waals surface area contributed by atoms with Crippen molar-refractivity contribution in [2.24, 2.45) is 17.6 Å². The second kappa shape index (κ2) is 11.5. The summed E-state index contributed by atoms with van der Waals surface area (Å²) in [5.74, 6) is -6.26. The lowest BCUT2D eigenvalue weighted by atomic mass is 9.58. The highest BCUT2D eigenvalue weighted by atomic mass is 16.3. The summed E-state index contributed by atoms with van der Waals surface area (Å²) in [6, 6.07) is -1.23. The van der Waals surface area contributed by atoms with Crippen molar-refractivity contribution in [3.8, 4) is 0 Å². The quantitative estimate of drug-likeness (QED) is 0.178. The summed E-state index contributed by atoms with van der Waals surface area (Å²) >= 11 is 0. The van der Waals surface area contributed by atoms with Crippen molar-refractivity contribution >= 4 is 23.4 Å². The van der Waals surface area contributed by atoms with Gasteiger partial charge >= 0.3 is 0 Å². The number of nitrogens with zero attached hydrogens (tertiary/aromatic N) is 2. The lowest BCUT2D eigenvalue weighted by Gasteiger charge is -2.50. The van der Waals surface area contributed by atoms with Gasteiger partial charge < -0.3 is 36.6 Å². The molecule has 3 aliphatic carbocycles. The third-order valence-electron chi connectivity index (χ3n) is 8.82. The van der Waals surface area contributed by atoms with Crippen molar-refractivity contribution in [1.29, 1.82) is 0 Å². The fraction of sp³-hybridized carbons (Fsp3) is 0.533. The smallest absolute Gasteiger partial charge is 0.255 e. The number of carbonyl (C=O) groups excluding carboxylic acids is 4. The van der Waals surface area contributed by atoms with Crippen LogP contribution in [0.25, 0.3) is 0 Å². The maximum atomic E-state index is 13.7. The average Bonchev–Trinajstić information content (AvgIpc) is 3.45. The lowest BCUT2D eigenvalue weighted by Crippen LogP contribution is -2.63. The van der Waals surface area contributed by atoms with Gasteiger partial charge in [0.05, 0.1) is 12.1 Å². The minimum absolute atomic E-state index is 0.0525. The molecule has 0 aromatic carbocycles. The maximum absolute atomic E-state index is 13.7. The summed E-state index contributed by atoms with van der Waals surface area (Å²) in [6.07, 6.45) is 3.94. The average molecular weight is 584 g/mol. The molecular formula is C30H41N5O7. The van der Waals surface area contributed by atoms with Crippen LogP contribution in [-0.2, 0) is 19.2 Å².